The number of nitrogens with one attached hydrogen (secondary N) is 2. The van der Waals surface area contributed by atoms with Crippen molar-refractivity contribution < 1.29 is 13.5 Å². The summed E-state index contributed by atoms with van der Waals surface area (Å²) >= 11 is 0. The number of anilines is 1. The Labute approximate surface area is 114 Å². The first-order chi connectivity index (χ1) is 8.99. The van der Waals surface area contributed by atoms with E-state index in [9.17, 15) is 13.5 Å². The Balaban J connectivity index is 2.10. The van der Waals surface area contributed by atoms with Gasteiger partial charge in [-0.1, -0.05) is 12.1 Å². The van der Waals surface area contributed by atoms with Crippen LogP contribution in [0.2, 0.25) is 0 Å². The maximum absolute atomic E-state index is 12.2. The molecule has 5 nitrogen and oxygen atoms in total. The molecule has 1 aromatic carbocycles. The van der Waals surface area contributed by atoms with Gasteiger partial charge >= 0.3 is 0 Å². The van der Waals surface area contributed by atoms with Crippen LogP contribution in [-0.4, -0.2) is 32.2 Å². The molecule has 1 saturated carbocycles. The van der Waals surface area contributed by atoms with Gasteiger partial charge in [0.15, 0.2) is 0 Å². The molecule has 1 fully saturated rings. The van der Waals surface area contributed by atoms with Gasteiger partial charge in [-0.3, -0.25) is 0 Å². The summed E-state index contributed by atoms with van der Waals surface area (Å²) in [5.74, 6) is 0. The van der Waals surface area contributed by atoms with E-state index in [0.29, 0.717) is 18.7 Å². The van der Waals surface area contributed by atoms with Crippen molar-refractivity contribution >= 4 is 15.7 Å². The Morgan fingerprint density at radius 1 is 1.37 bits per heavy atom. The van der Waals surface area contributed by atoms with E-state index in [4.69, 9.17) is 0 Å². The van der Waals surface area contributed by atoms with Crippen LogP contribution in [0.25, 0.3) is 0 Å². The molecule has 0 spiro atoms. The lowest BCUT2D eigenvalue weighted by molar-refractivity contribution is 0.188. The monoisotopic (exact) mass is 284 g/mol. The fourth-order valence-corrected chi connectivity index (χ4v) is 3.24. The van der Waals surface area contributed by atoms with E-state index in [1.807, 2.05) is 0 Å². The molecule has 0 bridgehead atoms. The first-order valence-corrected chi connectivity index (χ1v) is 8.00. The summed E-state index contributed by atoms with van der Waals surface area (Å²) < 4.78 is 27.1. The van der Waals surface area contributed by atoms with Crippen LogP contribution in [0.4, 0.5) is 5.69 Å². The summed E-state index contributed by atoms with van der Waals surface area (Å²) in [5.41, 5.74) is 0.580. The van der Waals surface area contributed by atoms with Crippen LogP contribution in [0.1, 0.15) is 26.2 Å². The average molecular weight is 284 g/mol. The van der Waals surface area contributed by atoms with E-state index in [2.05, 4.69) is 10.0 Å². The first-order valence-electron chi connectivity index (χ1n) is 6.52. The minimum absolute atomic E-state index is 0.0931. The lowest BCUT2D eigenvalue weighted by Gasteiger charge is -2.13. The smallest absolute Gasteiger partial charge is 0.242 e. The zero-order valence-corrected chi connectivity index (χ0v) is 11.8. The first kappa shape index (κ1) is 14.3. The summed E-state index contributed by atoms with van der Waals surface area (Å²) in [6.07, 6.45) is 2.00. The Hall–Kier alpha value is -1.11. The van der Waals surface area contributed by atoms with Crippen LogP contribution in [0.3, 0.4) is 0 Å². The lowest BCUT2D eigenvalue weighted by Crippen LogP contribution is -2.26. The molecule has 0 aromatic heterocycles. The quantitative estimate of drug-likeness (QED) is 0.705. The lowest BCUT2D eigenvalue weighted by atomic mass is 10.2. The van der Waals surface area contributed by atoms with E-state index in [0.717, 1.165) is 12.8 Å². The number of rotatable bonds is 7. The Morgan fingerprint density at radius 3 is 2.68 bits per heavy atom. The topological polar surface area (TPSA) is 78.4 Å². The van der Waals surface area contributed by atoms with E-state index in [-0.39, 0.29) is 10.9 Å². The standard InChI is InChI=1S/C13H20N2O3S/c1-10(16)8-9-14-12-4-2-3-5-13(12)19(17,18)15-11-6-7-11/h2-5,10-11,14-16H,6-9H2,1H3. The molecule has 6 heteroatoms. The van der Waals surface area contributed by atoms with Gasteiger partial charge in [-0.05, 0) is 38.3 Å². The molecule has 1 aliphatic rings. The van der Waals surface area contributed by atoms with Crippen molar-refractivity contribution in [1.29, 1.82) is 0 Å². The van der Waals surface area contributed by atoms with Gasteiger partial charge in [-0.25, -0.2) is 13.1 Å². The van der Waals surface area contributed by atoms with Crippen LogP contribution < -0.4 is 10.0 Å². The van der Waals surface area contributed by atoms with E-state index in [1.165, 1.54) is 0 Å². The number of benzene rings is 1. The largest absolute Gasteiger partial charge is 0.393 e. The van der Waals surface area contributed by atoms with Gasteiger partial charge in [0.2, 0.25) is 10.0 Å². The van der Waals surface area contributed by atoms with Crippen molar-refractivity contribution in [2.24, 2.45) is 0 Å². The van der Waals surface area contributed by atoms with Crippen molar-refractivity contribution in [3.63, 3.8) is 0 Å². The van der Waals surface area contributed by atoms with Crippen molar-refractivity contribution in [1.82, 2.24) is 4.72 Å². The highest BCUT2D eigenvalue weighted by molar-refractivity contribution is 7.89. The molecule has 2 rings (SSSR count). The SMILES string of the molecule is CC(O)CCNc1ccccc1S(=O)(=O)NC1CC1. The van der Waals surface area contributed by atoms with Crippen molar-refractivity contribution in [2.45, 2.75) is 43.2 Å². The molecule has 106 valence electrons. The van der Waals surface area contributed by atoms with Gasteiger partial charge in [-0.2, -0.15) is 0 Å². The number of aliphatic hydroxyl groups excluding tert-OH is 1. The van der Waals surface area contributed by atoms with Crippen molar-refractivity contribution in [2.75, 3.05) is 11.9 Å². The van der Waals surface area contributed by atoms with E-state index in [1.54, 1.807) is 31.2 Å². The maximum Gasteiger partial charge on any atom is 0.242 e. The predicted octanol–water partition coefficient (Wildman–Crippen LogP) is 1.31. The number of hydrogen-bond acceptors (Lipinski definition) is 4. The van der Waals surface area contributed by atoms with Crippen LogP contribution in [0.15, 0.2) is 29.2 Å². The minimum atomic E-state index is -3.45. The zero-order valence-electron chi connectivity index (χ0n) is 11.0. The molecular weight excluding hydrogens is 264 g/mol. The maximum atomic E-state index is 12.2. The molecule has 1 aliphatic carbocycles. The van der Waals surface area contributed by atoms with Gasteiger partial charge in [-0.15, -0.1) is 0 Å². The van der Waals surface area contributed by atoms with Gasteiger partial charge in [0.25, 0.3) is 0 Å². The highest BCUT2D eigenvalue weighted by Gasteiger charge is 2.29. The fourth-order valence-electron chi connectivity index (χ4n) is 1.75. The summed E-state index contributed by atoms with van der Waals surface area (Å²) in [6, 6.07) is 6.93. The number of para-hydroxylation sites is 1. The summed E-state index contributed by atoms with van der Waals surface area (Å²) in [6.45, 7) is 2.24. The highest BCUT2D eigenvalue weighted by Crippen LogP contribution is 2.25. The second kappa shape index (κ2) is 5.90. The third-order valence-electron chi connectivity index (χ3n) is 2.95. The zero-order chi connectivity index (χ0) is 13.9. The van der Waals surface area contributed by atoms with Crippen LogP contribution in [-0.2, 0) is 10.0 Å². The summed E-state index contributed by atoms with van der Waals surface area (Å²) in [5, 5.41) is 12.3. The third kappa shape index (κ3) is 4.19. The average Bonchev–Trinajstić information content (AvgIpc) is 3.12. The van der Waals surface area contributed by atoms with Crippen molar-refractivity contribution in [3.8, 4) is 0 Å². The summed E-state index contributed by atoms with van der Waals surface area (Å²) in [7, 11) is -3.45. The van der Waals surface area contributed by atoms with Gasteiger partial charge in [0, 0.05) is 12.6 Å². The molecule has 1 unspecified atom stereocenters. The van der Waals surface area contributed by atoms with Gasteiger partial charge in [0.1, 0.15) is 4.90 Å². The highest BCUT2D eigenvalue weighted by atomic mass is 32.2. The number of hydrogen-bond donors (Lipinski definition) is 3. The van der Waals surface area contributed by atoms with Crippen LogP contribution in [0.5, 0.6) is 0 Å². The van der Waals surface area contributed by atoms with Gasteiger partial charge < -0.3 is 10.4 Å². The van der Waals surface area contributed by atoms with Crippen LogP contribution in [0, 0.1) is 0 Å². The molecule has 0 saturated heterocycles. The molecule has 3 N–H and O–H groups in total. The Morgan fingerprint density at radius 2 is 2.05 bits per heavy atom. The molecule has 0 radical (unpaired) electrons. The summed E-state index contributed by atoms with van der Waals surface area (Å²) in [4.78, 5) is 0.271. The normalized spacial score (nSPS) is 17.2. The fraction of sp³-hybridized carbons (Fsp3) is 0.538. The van der Waals surface area contributed by atoms with E-state index < -0.39 is 16.1 Å². The van der Waals surface area contributed by atoms with E-state index >= 15 is 0 Å². The van der Waals surface area contributed by atoms with Crippen molar-refractivity contribution in [3.05, 3.63) is 24.3 Å². The number of sulfonamides is 1. The molecular formula is C13H20N2O3S. The Kier molecular flexibility index (Phi) is 4.44. The third-order valence-corrected chi connectivity index (χ3v) is 4.53. The molecule has 1 aromatic rings. The second-order valence-corrected chi connectivity index (χ2v) is 6.64. The van der Waals surface area contributed by atoms with Crippen LogP contribution >= 0.6 is 0 Å². The number of aliphatic hydroxyl groups is 1. The Bertz CT molecular complexity index is 524. The molecule has 0 heterocycles. The van der Waals surface area contributed by atoms with Gasteiger partial charge in [0.05, 0.1) is 11.8 Å². The molecule has 0 aliphatic heterocycles. The predicted molar refractivity (Wildman–Crippen MR) is 74.6 cm³/mol. The molecule has 0 amide bonds. The molecule has 1 atom stereocenters. The molecule has 19 heavy (non-hydrogen) atoms. The minimum Gasteiger partial charge on any atom is -0.393 e. The second-order valence-electron chi connectivity index (χ2n) is 4.96.